The van der Waals surface area contributed by atoms with E-state index < -0.39 is 0 Å². The molecule has 0 saturated heterocycles. The minimum absolute atomic E-state index is 0.302. The van der Waals surface area contributed by atoms with Crippen LogP contribution in [0.4, 0.5) is 0 Å². The fourth-order valence-corrected chi connectivity index (χ4v) is 2.92. The molecule has 0 aliphatic carbocycles. The molecular formula is C15H11Cl3N2. The fraction of sp³-hybridized carbons (Fsp3) is 0.133. The van der Waals surface area contributed by atoms with E-state index in [4.69, 9.17) is 34.8 Å². The summed E-state index contributed by atoms with van der Waals surface area (Å²) in [7, 11) is 0. The maximum absolute atomic E-state index is 6.37. The van der Waals surface area contributed by atoms with Gasteiger partial charge in [-0.15, -0.1) is 11.6 Å². The molecule has 1 aromatic heterocycles. The second-order valence-electron chi connectivity index (χ2n) is 4.58. The van der Waals surface area contributed by atoms with Crippen molar-refractivity contribution < 1.29 is 0 Å². The van der Waals surface area contributed by atoms with Gasteiger partial charge in [-0.05, 0) is 42.8 Å². The largest absolute Gasteiger partial charge is 0.294 e. The number of aromatic nitrogens is 2. The van der Waals surface area contributed by atoms with Gasteiger partial charge in [0.1, 0.15) is 5.82 Å². The molecule has 0 atom stereocenters. The van der Waals surface area contributed by atoms with Crippen molar-refractivity contribution in [1.82, 2.24) is 9.55 Å². The van der Waals surface area contributed by atoms with E-state index in [-0.39, 0.29) is 0 Å². The Labute approximate surface area is 131 Å². The van der Waals surface area contributed by atoms with E-state index >= 15 is 0 Å². The number of aryl methyl sites for hydroxylation is 1. The molecule has 0 aliphatic heterocycles. The average Bonchev–Trinajstić information content (AvgIpc) is 2.76. The first-order valence-corrected chi connectivity index (χ1v) is 7.38. The van der Waals surface area contributed by atoms with Crippen LogP contribution in [0.15, 0.2) is 36.4 Å². The highest BCUT2D eigenvalue weighted by molar-refractivity contribution is 6.32. The first-order chi connectivity index (χ1) is 9.60. The van der Waals surface area contributed by atoms with Crippen LogP contribution in [-0.2, 0) is 5.88 Å². The van der Waals surface area contributed by atoms with Crippen molar-refractivity contribution in [2.24, 2.45) is 0 Å². The van der Waals surface area contributed by atoms with Crippen molar-refractivity contribution in [2.45, 2.75) is 12.8 Å². The lowest BCUT2D eigenvalue weighted by Gasteiger charge is -2.10. The van der Waals surface area contributed by atoms with Crippen LogP contribution >= 0.6 is 34.8 Å². The molecule has 2 nitrogen and oxygen atoms in total. The summed E-state index contributed by atoms with van der Waals surface area (Å²) in [6.07, 6.45) is 0. The van der Waals surface area contributed by atoms with Crippen LogP contribution in [0.25, 0.3) is 16.7 Å². The quantitative estimate of drug-likeness (QED) is 0.578. The van der Waals surface area contributed by atoms with Crippen LogP contribution in [0, 0.1) is 6.92 Å². The molecule has 1 heterocycles. The zero-order chi connectivity index (χ0) is 14.3. The number of rotatable bonds is 2. The number of hydrogen-bond donors (Lipinski definition) is 0. The van der Waals surface area contributed by atoms with E-state index in [9.17, 15) is 0 Å². The third-order valence-electron chi connectivity index (χ3n) is 3.15. The van der Waals surface area contributed by atoms with Crippen molar-refractivity contribution in [1.29, 1.82) is 0 Å². The van der Waals surface area contributed by atoms with Crippen molar-refractivity contribution in [3.05, 3.63) is 57.8 Å². The summed E-state index contributed by atoms with van der Waals surface area (Å²) in [6.45, 7) is 2.00. The van der Waals surface area contributed by atoms with E-state index in [2.05, 4.69) is 4.98 Å². The third kappa shape index (κ3) is 2.28. The molecule has 0 N–H and O–H groups in total. The van der Waals surface area contributed by atoms with Crippen molar-refractivity contribution in [2.75, 3.05) is 0 Å². The molecule has 102 valence electrons. The van der Waals surface area contributed by atoms with E-state index in [1.807, 2.05) is 47.9 Å². The number of hydrogen-bond acceptors (Lipinski definition) is 1. The highest BCUT2D eigenvalue weighted by atomic mass is 35.5. The van der Waals surface area contributed by atoms with Crippen LogP contribution in [0.3, 0.4) is 0 Å². The molecular weight excluding hydrogens is 315 g/mol. The summed E-state index contributed by atoms with van der Waals surface area (Å²) >= 11 is 18.5. The minimum atomic E-state index is 0.302. The Kier molecular flexibility index (Phi) is 3.63. The van der Waals surface area contributed by atoms with Gasteiger partial charge >= 0.3 is 0 Å². The highest BCUT2D eigenvalue weighted by Crippen LogP contribution is 2.29. The van der Waals surface area contributed by atoms with Gasteiger partial charge in [0, 0.05) is 5.02 Å². The van der Waals surface area contributed by atoms with Crippen molar-refractivity contribution in [3.63, 3.8) is 0 Å². The molecule has 3 rings (SSSR count). The standard InChI is InChI=1S/C15H11Cl3N2/c1-9-2-5-13(11(18)6-9)20-14-7-10(17)3-4-12(14)19-15(20)8-16/h2-7H,8H2,1H3. The Bertz CT molecular complexity index is 793. The predicted octanol–water partition coefficient (Wildman–Crippen LogP) is 5.38. The molecule has 20 heavy (non-hydrogen) atoms. The number of benzene rings is 2. The lowest BCUT2D eigenvalue weighted by molar-refractivity contribution is 0.981. The maximum Gasteiger partial charge on any atom is 0.129 e. The van der Waals surface area contributed by atoms with Gasteiger partial charge < -0.3 is 0 Å². The molecule has 2 aromatic carbocycles. The first kappa shape index (κ1) is 13.7. The molecule has 0 saturated carbocycles. The van der Waals surface area contributed by atoms with Gasteiger partial charge in [-0.25, -0.2) is 4.98 Å². The summed E-state index contributed by atoms with van der Waals surface area (Å²) < 4.78 is 1.95. The number of halogens is 3. The molecule has 5 heteroatoms. The van der Waals surface area contributed by atoms with E-state index in [1.54, 1.807) is 0 Å². The average molecular weight is 326 g/mol. The highest BCUT2D eigenvalue weighted by Gasteiger charge is 2.14. The van der Waals surface area contributed by atoms with Gasteiger partial charge in [0.25, 0.3) is 0 Å². The Hall–Kier alpha value is -1.22. The Morgan fingerprint density at radius 2 is 1.90 bits per heavy atom. The Morgan fingerprint density at radius 1 is 1.10 bits per heavy atom. The van der Waals surface area contributed by atoms with Gasteiger partial charge in [-0.3, -0.25) is 4.57 Å². The lowest BCUT2D eigenvalue weighted by atomic mass is 10.2. The summed E-state index contributed by atoms with van der Waals surface area (Å²) in [5.74, 6) is 1.05. The summed E-state index contributed by atoms with van der Waals surface area (Å²) in [5, 5.41) is 1.32. The second-order valence-corrected chi connectivity index (χ2v) is 5.70. The van der Waals surface area contributed by atoms with Crippen LogP contribution in [0.2, 0.25) is 10.0 Å². The molecule has 3 aromatic rings. The van der Waals surface area contributed by atoms with Gasteiger partial charge in [0.2, 0.25) is 0 Å². The maximum atomic E-state index is 6.37. The normalized spacial score (nSPS) is 11.2. The van der Waals surface area contributed by atoms with Crippen LogP contribution < -0.4 is 0 Å². The lowest BCUT2D eigenvalue weighted by Crippen LogP contribution is -2.00. The van der Waals surface area contributed by atoms with Crippen LogP contribution in [0.5, 0.6) is 0 Å². The van der Waals surface area contributed by atoms with Gasteiger partial charge in [0.05, 0.1) is 27.6 Å². The first-order valence-electron chi connectivity index (χ1n) is 6.09. The Morgan fingerprint density at radius 3 is 2.60 bits per heavy atom. The minimum Gasteiger partial charge on any atom is -0.294 e. The van der Waals surface area contributed by atoms with Gasteiger partial charge in [-0.2, -0.15) is 0 Å². The summed E-state index contributed by atoms with van der Waals surface area (Å²) in [6, 6.07) is 11.5. The van der Waals surface area contributed by atoms with Gasteiger partial charge in [0.15, 0.2) is 0 Å². The van der Waals surface area contributed by atoms with Crippen LogP contribution in [-0.4, -0.2) is 9.55 Å². The molecule has 0 amide bonds. The monoisotopic (exact) mass is 324 g/mol. The number of imidazole rings is 1. The van der Waals surface area contributed by atoms with Crippen LogP contribution in [0.1, 0.15) is 11.4 Å². The van der Waals surface area contributed by atoms with Crippen molar-refractivity contribution in [3.8, 4) is 5.69 Å². The number of alkyl halides is 1. The zero-order valence-corrected chi connectivity index (χ0v) is 13.0. The fourth-order valence-electron chi connectivity index (χ4n) is 2.25. The smallest absolute Gasteiger partial charge is 0.129 e. The Balaban J connectivity index is 2.36. The zero-order valence-electron chi connectivity index (χ0n) is 10.7. The van der Waals surface area contributed by atoms with E-state index in [0.29, 0.717) is 15.9 Å². The topological polar surface area (TPSA) is 17.8 Å². The molecule has 0 fully saturated rings. The molecule has 0 aliphatic rings. The summed E-state index contributed by atoms with van der Waals surface area (Å²) in [4.78, 5) is 4.53. The third-order valence-corrected chi connectivity index (χ3v) is 3.93. The number of fused-ring (bicyclic) bond motifs is 1. The molecule has 0 unspecified atom stereocenters. The predicted molar refractivity (Wildman–Crippen MR) is 85.4 cm³/mol. The second kappa shape index (κ2) is 5.28. The van der Waals surface area contributed by atoms with E-state index in [0.717, 1.165) is 28.1 Å². The SMILES string of the molecule is Cc1ccc(-n2c(CCl)nc3ccc(Cl)cc32)c(Cl)c1. The molecule has 0 radical (unpaired) electrons. The van der Waals surface area contributed by atoms with E-state index in [1.165, 1.54) is 0 Å². The summed E-state index contributed by atoms with van der Waals surface area (Å²) in [5.41, 5.74) is 3.71. The van der Waals surface area contributed by atoms with Crippen molar-refractivity contribution >= 4 is 45.8 Å². The molecule has 0 bridgehead atoms. The van der Waals surface area contributed by atoms with Gasteiger partial charge in [-0.1, -0.05) is 29.3 Å². The molecule has 0 spiro atoms. The number of nitrogens with zero attached hydrogens (tertiary/aromatic N) is 2.